The zero-order valence-electron chi connectivity index (χ0n) is 14.6. The van der Waals surface area contributed by atoms with Crippen molar-refractivity contribution < 1.29 is 9.53 Å². The van der Waals surface area contributed by atoms with Gasteiger partial charge in [-0.15, -0.1) is 0 Å². The number of piperidine rings is 1. The number of rotatable bonds is 4. The Balaban J connectivity index is 1.94. The van der Waals surface area contributed by atoms with Crippen molar-refractivity contribution in [3.05, 3.63) is 24.3 Å². The highest BCUT2D eigenvalue weighted by atomic mass is 16.6. The number of hydrogen-bond acceptors (Lipinski definition) is 5. The van der Waals surface area contributed by atoms with E-state index < -0.39 is 5.60 Å². The quantitative estimate of drug-likeness (QED) is 0.924. The van der Waals surface area contributed by atoms with Gasteiger partial charge < -0.3 is 10.1 Å². The lowest BCUT2D eigenvalue weighted by atomic mass is 9.99. The fourth-order valence-corrected chi connectivity index (χ4v) is 2.96. The van der Waals surface area contributed by atoms with Crippen molar-refractivity contribution in [2.45, 2.75) is 64.6 Å². The van der Waals surface area contributed by atoms with Gasteiger partial charge in [0, 0.05) is 31.2 Å². The molecule has 0 radical (unpaired) electrons. The molecule has 2 rings (SSSR count). The Labute approximate surface area is 138 Å². The zero-order valence-corrected chi connectivity index (χ0v) is 14.6. The van der Waals surface area contributed by atoms with Crippen molar-refractivity contribution in [3.63, 3.8) is 0 Å². The van der Waals surface area contributed by atoms with Crippen LogP contribution in [0.5, 0.6) is 0 Å². The van der Waals surface area contributed by atoms with Gasteiger partial charge in [-0.05, 0) is 47.1 Å². The Morgan fingerprint density at radius 1 is 1.43 bits per heavy atom. The summed E-state index contributed by atoms with van der Waals surface area (Å²) in [6, 6.07) is 0.489. The van der Waals surface area contributed by atoms with Crippen LogP contribution in [0.1, 0.15) is 58.7 Å². The van der Waals surface area contributed by atoms with E-state index in [9.17, 15) is 4.79 Å². The summed E-state index contributed by atoms with van der Waals surface area (Å²) in [6.45, 7) is 9.37. The van der Waals surface area contributed by atoms with E-state index in [2.05, 4.69) is 27.1 Å². The predicted molar refractivity (Wildman–Crippen MR) is 89.0 cm³/mol. The zero-order chi connectivity index (χ0) is 16.9. The third-order valence-corrected chi connectivity index (χ3v) is 4.06. The van der Waals surface area contributed by atoms with Gasteiger partial charge in [-0.3, -0.25) is 14.9 Å². The Hall–Kier alpha value is -1.69. The van der Waals surface area contributed by atoms with Crippen molar-refractivity contribution in [1.82, 2.24) is 20.2 Å². The molecule has 1 aromatic rings. The molecule has 6 heteroatoms. The maximum Gasteiger partial charge on any atom is 0.407 e. The molecular formula is C17H28N4O2. The first-order valence-electron chi connectivity index (χ1n) is 8.35. The van der Waals surface area contributed by atoms with E-state index in [4.69, 9.17) is 4.74 Å². The summed E-state index contributed by atoms with van der Waals surface area (Å²) in [5.41, 5.74) is 0.500. The third kappa shape index (κ3) is 5.46. The molecule has 0 aromatic carbocycles. The minimum absolute atomic E-state index is 0.189. The van der Waals surface area contributed by atoms with Gasteiger partial charge in [0.1, 0.15) is 5.60 Å². The van der Waals surface area contributed by atoms with Crippen LogP contribution in [0.25, 0.3) is 0 Å². The summed E-state index contributed by atoms with van der Waals surface area (Å²) < 4.78 is 5.32. The number of nitrogens with one attached hydrogen (secondary N) is 1. The number of carbonyl (C=O) groups is 1. The van der Waals surface area contributed by atoms with Crippen LogP contribution in [0, 0.1) is 0 Å². The molecule has 2 heterocycles. The highest BCUT2D eigenvalue weighted by Gasteiger charge is 2.28. The molecule has 0 aliphatic carbocycles. The summed E-state index contributed by atoms with van der Waals surface area (Å²) >= 11 is 0. The van der Waals surface area contributed by atoms with Gasteiger partial charge in [0.2, 0.25) is 0 Å². The number of hydrogen-bond donors (Lipinski definition) is 1. The van der Waals surface area contributed by atoms with E-state index in [1.807, 2.05) is 27.0 Å². The molecule has 0 unspecified atom stereocenters. The summed E-state index contributed by atoms with van der Waals surface area (Å²) in [5, 5.41) is 2.91. The lowest BCUT2D eigenvalue weighted by molar-refractivity contribution is 0.0470. The average Bonchev–Trinajstić information content (AvgIpc) is 2.52. The molecule has 1 N–H and O–H groups in total. The van der Waals surface area contributed by atoms with Crippen molar-refractivity contribution in [2.24, 2.45) is 0 Å². The van der Waals surface area contributed by atoms with Crippen molar-refractivity contribution >= 4 is 6.09 Å². The largest absolute Gasteiger partial charge is 0.444 e. The number of carbonyl (C=O) groups excluding carboxylic acids is 1. The third-order valence-electron chi connectivity index (χ3n) is 4.06. The maximum absolute atomic E-state index is 11.9. The van der Waals surface area contributed by atoms with Gasteiger partial charge in [0.05, 0.1) is 11.7 Å². The first kappa shape index (κ1) is 17.7. The molecule has 1 aliphatic heterocycles. The van der Waals surface area contributed by atoms with Crippen molar-refractivity contribution in [2.75, 3.05) is 13.1 Å². The molecule has 0 spiro atoms. The second-order valence-corrected chi connectivity index (χ2v) is 7.08. The second-order valence-electron chi connectivity index (χ2n) is 7.08. The molecule has 0 saturated carbocycles. The van der Waals surface area contributed by atoms with Crippen LogP contribution in [-0.2, 0) is 4.74 Å². The second kappa shape index (κ2) is 7.73. The van der Waals surface area contributed by atoms with Crippen LogP contribution in [0.2, 0.25) is 0 Å². The molecule has 23 heavy (non-hydrogen) atoms. The van der Waals surface area contributed by atoms with E-state index in [1.54, 1.807) is 12.4 Å². The Bertz CT molecular complexity index is 501. The number of nitrogens with zero attached hydrogens (tertiary/aromatic N) is 3. The van der Waals surface area contributed by atoms with E-state index in [0.29, 0.717) is 12.6 Å². The Kier molecular flexibility index (Phi) is 5.93. The smallest absolute Gasteiger partial charge is 0.407 e. The van der Waals surface area contributed by atoms with Crippen LogP contribution in [0.4, 0.5) is 4.79 Å². The minimum atomic E-state index is -0.469. The number of ether oxygens (including phenoxy) is 1. The molecule has 1 saturated heterocycles. The molecule has 1 amide bonds. The van der Waals surface area contributed by atoms with Crippen molar-refractivity contribution in [3.8, 4) is 0 Å². The highest BCUT2D eigenvalue weighted by molar-refractivity contribution is 5.67. The first-order valence-corrected chi connectivity index (χ1v) is 8.35. The summed E-state index contributed by atoms with van der Waals surface area (Å²) in [5.74, 6) is 0. The lowest BCUT2D eigenvalue weighted by Gasteiger charge is -2.39. The summed E-state index contributed by atoms with van der Waals surface area (Å²) in [6.07, 6.45) is 8.31. The first-order chi connectivity index (χ1) is 10.9. The molecule has 1 fully saturated rings. The normalized spacial score (nSPS) is 20.8. The van der Waals surface area contributed by atoms with Crippen LogP contribution >= 0.6 is 0 Å². The molecule has 2 atom stereocenters. The summed E-state index contributed by atoms with van der Waals surface area (Å²) in [4.78, 5) is 22.9. The van der Waals surface area contributed by atoms with Gasteiger partial charge >= 0.3 is 6.09 Å². The SMILES string of the molecule is C[C@@H](c1cnccn1)N1CCCC[C@H]1CNC(=O)OC(C)(C)C. The topological polar surface area (TPSA) is 67.4 Å². The fraction of sp³-hybridized carbons (Fsp3) is 0.706. The molecule has 128 valence electrons. The van der Waals surface area contributed by atoms with Gasteiger partial charge in [0.15, 0.2) is 0 Å². The van der Waals surface area contributed by atoms with E-state index in [-0.39, 0.29) is 12.1 Å². The fourth-order valence-electron chi connectivity index (χ4n) is 2.96. The summed E-state index contributed by atoms with van der Waals surface area (Å²) in [7, 11) is 0. The number of aromatic nitrogens is 2. The van der Waals surface area contributed by atoms with Gasteiger partial charge in [0.25, 0.3) is 0 Å². The van der Waals surface area contributed by atoms with Crippen molar-refractivity contribution in [1.29, 1.82) is 0 Å². The van der Waals surface area contributed by atoms with Gasteiger partial charge in [-0.1, -0.05) is 6.42 Å². The monoisotopic (exact) mass is 320 g/mol. The molecule has 1 aliphatic rings. The lowest BCUT2D eigenvalue weighted by Crippen LogP contribution is -2.48. The van der Waals surface area contributed by atoms with E-state index >= 15 is 0 Å². The maximum atomic E-state index is 11.9. The predicted octanol–water partition coefficient (Wildman–Crippen LogP) is 2.92. The van der Waals surface area contributed by atoms with Crippen LogP contribution in [0.15, 0.2) is 18.6 Å². The van der Waals surface area contributed by atoms with Gasteiger partial charge in [-0.25, -0.2) is 4.79 Å². The number of amides is 1. The van der Waals surface area contributed by atoms with Gasteiger partial charge in [-0.2, -0.15) is 0 Å². The average molecular weight is 320 g/mol. The molecule has 6 nitrogen and oxygen atoms in total. The highest BCUT2D eigenvalue weighted by Crippen LogP contribution is 2.26. The number of likely N-dealkylation sites (tertiary alicyclic amines) is 1. The minimum Gasteiger partial charge on any atom is -0.444 e. The molecule has 1 aromatic heterocycles. The molecular weight excluding hydrogens is 292 g/mol. The van der Waals surface area contributed by atoms with Crippen LogP contribution in [-0.4, -0.2) is 45.7 Å². The molecule has 0 bridgehead atoms. The standard InChI is InChI=1S/C17H28N4O2/c1-13(15-12-18-8-9-19-15)21-10-6-5-7-14(21)11-20-16(22)23-17(2,3)4/h8-9,12-14H,5-7,10-11H2,1-4H3,(H,20,22)/t13-,14-/m0/s1. The van der Waals surface area contributed by atoms with E-state index in [0.717, 1.165) is 18.7 Å². The number of alkyl carbamates (subject to hydrolysis) is 1. The van der Waals surface area contributed by atoms with E-state index in [1.165, 1.54) is 12.8 Å². The van der Waals surface area contributed by atoms with Crippen LogP contribution < -0.4 is 5.32 Å². The Morgan fingerprint density at radius 3 is 2.87 bits per heavy atom. The Morgan fingerprint density at radius 2 is 2.22 bits per heavy atom. The van der Waals surface area contributed by atoms with Crippen LogP contribution in [0.3, 0.4) is 0 Å².